The standard InChI is InChI=1S/C35H43F2N7O4/c1-21-9-12-23(32(46)39-18-22-10-11-22)17-25(21)29-26(19-38-5)31(44(20-45)30-27(36)7-6-8-28(30)37)42-33(41-29)40-24-13-15-43(16-14-24)34(47)48-35(2,3)4/h6-9,12,17,20,22,24,38H,10-11,13-16,18-19H2,1-5H3,(H,39,46)(H,40,41,42). The van der Waals surface area contributed by atoms with Gasteiger partial charge in [0.05, 0.1) is 5.69 Å². The number of ether oxygens (including phenoxy) is 1. The van der Waals surface area contributed by atoms with Crippen LogP contribution < -0.4 is 20.9 Å². The number of likely N-dealkylation sites (tertiary alicyclic amines) is 1. The maximum absolute atomic E-state index is 15.1. The molecule has 0 spiro atoms. The normalized spacial score (nSPS) is 15.2. The second-order valence-corrected chi connectivity index (χ2v) is 13.3. The fourth-order valence-electron chi connectivity index (χ4n) is 5.62. The third-order valence-corrected chi connectivity index (χ3v) is 8.33. The smallest absolute Gasteiger partial charge is 0.410 e. The first-order chi connectivity index (χ1) is 22.9. The Morgan fingerprint density at radius 2 is 1.75 bits per heavy atom. The Morgan fingerprint density at radius 3 is 2.35 bits per heavy atom. The maximum atomic E-state index is 15.1. The van der Waals surface area contributed by atoms with Crippen LogP contribution in [0.15, 0.2) is 36.4 Å². The molecule has 13 heteroatoms. The average molecular weight is 664 g/mol. The van der Waals surface area contributed by atoms with Crippen molar-refractivity contribution in [1.29, 1.82) is 0 Å². The van der Waals surface area contributed by atoms with E-state index in [1.54, 1.807) is 24.1 Å². The monoisotopic (exact) mass is 663 g/mol. The molecule has 2 aliphatic rings. The lowest BCUT2D eigenvalue weighted by Crippen LogP contribution is -2.44. The number of piperidine rings is 1. The fraction of sp³-hybridized carbons (Fsp3) is 0.457. The van der Waals surface area contributed by atoms with Crippen molar-refractivity contribution in [2.75, 3.05) is 36.9 Å². The van der Waals surface area contributed by atoms with E-state index in [2.05, 4.69) is 20.9 Å². The topological polar surface area (TPSA) is 129 Å². The van der Waals surface area contributed by atoms with Crippen LogP contribution in [0.25, 0.3) is 11.3 Å². The molecule has 1 aromatic heterocycles. The number of carbonyl (C=O) groups is 3. The molecular formula is C35H43F2N7O4. The van der Waals surface area contributed by atoms with Gasteiger partial charge in [-0.25, -0.2) is 18.6 Å². The predicted octanol–water partition coefficient (Wildman–Crippen LogP) is 5.70. The third kappa shape index (κ3) is 8.25. The second-order valence-electron chi connectivity index (χ2n) is 13.3. The number of aryl methyl sites for hydroxylation is 1. The number of benzene rings is 2. The first kappa shape index (κ1) is 34.7. The highest BCUT2D eigenvalue weighted by Crippen LogP contribution is 2.37. The SMILES string of the molecule is CNCc1c(-c2cc(C(=O)NCC3CC3)ccc2C)nc(NC2CCN(C(=O)OC(C)(C)C)CC2)nc1N(C=O)c1c(F)cccc1F. The van der Waals surface area contributed by atoms with Crippen molar-refractivity contribution < 1.29 is 27.9 Å². The third-order valence-electron chi connectivity index (χ3n) is 8.33. The number of hydrogen-bond acceptors (Lipinski definition) is 8. The minimum atomic E-state index is -0.938. The van der Waals surface area contributed by atoms with E-state index in [1.165, 1.54) is 6.07 Å². The first-order valence-corrected chi connectivity index (χ1v) is 16.3. The molecule has 3 amide bonds. The average Bonchev–Trinajstić information content (AvgIpc) is 3.87. The van der Waals surface area contributed by atoms with Crippen LogP contribution in [-0.2, 0) is 16.1 Å². The van der Waals surface area contributed by atoms with Crippen molar-refractivity contribution in [3.05, 3.63) is 64.7 Å². The van der Waals surface area contributed by atoms with Gasteiger partial charge < -0.3 is 25.6 Å². The number of para-hydroxylation sites is 1. The van der Waals surface area contributed by atoms with E-state index < -0.39 is 22.9 Å². The van der Waals surface area contributed by atoms with Gasteiger partial charge in [-0.05, 0) is 96.2 Å². The first-order valence-electron chi connectivity index (χ1n) is 16.3. The van der Waals surface area contributed by atoms with E-state index in [9.17, 15) is 14.4 Å². The molecule has 1 saturated heterocycles. The number of nitrogens with zero attached hydrogens (tertiary/aromatic N) is 4. The van der Waals surface area contributed by atoms with Crippen molar-refractivity contribution in [1.82, 2.24) is 25.5 Å². The molecular weight excluding hydrogens is 620 g/mol. The van der Waals surface area contributed by atoms with Crippen LogP contribution in [0.1, 0.15) is 67.9 Å². The molecule has 1 aliphatic heterocycles. The van der Waals surface area contributed by atoms with Gasteiger partial charge >= 0.3 is 6.09 Å². The van der Waals surface area contributed by atoms with Crippen LogP contribution in [0, 0.1) is 24.5 Å². The summed E-state index contributed by atoms with van der Waals surface area (Å²) in [5.74, 6) is -1.49. The maximum Gasteiger partial charge on any atom is 0.410 e. The summed E-state index contributed by atoms with van der Waals surface area (Å²) in [5, 5.41) is 9.39. The Hall–Kier alpha value is -4.65. The highest BCUT2D eigenvalue weighted by atomic mass is 19.1. The Morgan fingerprint density at radius 1 is 1.06 bits per heavy atom. The molecule has 256 valence electrons. The fourth-order valence-corrected chi connectivity index (χ4v) is 5.62. The molecule has 3 N–H and O–H groups in total. The van der Waals surface area contributed by atoms with E-state index in [0.717, 1.165) is 35.4 Å². The Labute approximate surface area is 279 Å². The van der Waals surface area contributed by atoms with E-state index in [0.29, 0.717) is 67.2 Å². The van der Waals surface area contributed by atoms with Gasteiger partial charge in [0.1, 0.15) is 22.9 Å². The molecule has 0 atom stereocenters. The molecule has 2 fully saturated rings. The number of nitrogens with one attached hydrogen (secondary N) is 3. The zero-order valence-corrected chi connectivity index (χ0v) is 28.0. The minimum Gasteiger partial charge on any atom is -0.444 e. The van der Waals surface area contributed by atoms with Crippen LogP contribution in [0.4, 0.5) is 31.0 Å². The summed E-state index contributed by atoms with van der Waals surface area (Å²) in [6.07, 6.45) is 3.25. The molecule has 0 unspecified atom stereocenters. The van der Waals surface area contributed by atoms with Crippen molar-refractivity contribution in [2.24, 2.45) is 5.92 Å². The Balaban J connectivity index is 1.56. The summed E-state index contributed by atoms with van der Waals surface area (Å²) in [6.45, 7) is 8.93. The highest BCUT2D eigenvalue weighted by Gasteiger charge is 2.30. The quantitative estimate of drug-likeness (QED) is 0.223. The zero-order chi connectivity index (χ0) is 34.6. The van der Waals surface area contributed by atoms with Crippen LogP contribution in [0.2, 0.25) is 0 Å². The van der Waals surface area contributed by atoms with Crippen LogP contribution >= 0.6 is 0 Å². The molecule has 1 saturated carbocycles. The van der Waals surface area contributed by atoms with Gasteiger partial charge in [0.25, 0.3) is 5.91 Å². The number of rotatable bonds is 11. The van der Waals surface area contributed by atoms with Gasteiger partial charge in [-0.15, -0.1) is 0 Å². The number of hydrogen-bond donors (Lipinski definition) is 3. The summed E-state index contributed by atoms with van der Waals surface area (Å²) < 4.78 is 35.8. The Bertz CT molecular complexity index is 1650. The number of carbonyl (C=O) groups excluding carboxylic acids is 3. The van der Waals surface area contributed by atoms with Crippen molar-refractivity contribution in [3.63, 3.8) is 0 Å². The van der Waals surface area contributed by atoms with Gasteiger partial charge in [0.15, 0.2) is 5.82 Å². The molecule has 11 nitrogen and oxygen atoms in total. The number of anilines is 3. The van der Waals surface area contributed by atoms with Crippen molar-refractivity contribution in [2.45, 2.75) is 71.6 Å². The summed E-state index contributed by atoms with van der Waals surface area (Å²) in [4.78, 5) is 50.4. The van der Waals surface area contributed by atoms with Gasteiger partial charge in [-0.1, -0.05) is 12.1 Å². The lowest BCUT2D eigenvalue weighted by atomic mass is 9.98. The van der Waals surface area contributed by atoms with Gasteiger partial charge in [-0.3, -0.25) is 14.5 Å². The van der Waals surface area contributed by atoms with Gasteiger partial charge in [0.2, 0.25) is 12.4 Å². The van der Waals surface area contributed by atoms with Gasteiger partial charge in [0, 0.05) is 48.9 Å². The number of amides is 3. The van der Waals surface area contributed by atoms with Gasteiger partial charge in [-0.2, -0.15) is 4.98 Å². The predicted molar refractivity (Wildman–Crippen MR) is 179 cm³/mol. The molecule has 0 radical (unpaired) electrons. The van der Waals surface area contributed by atoms with E-state index in [-0.39, 0.29) is 36.4 Å². The molecule has 2 aromatic carbocycles. The van der Waals surface area contributed by atoms with Crippen LogP contribution in [0.3, 0.4) is 0 Å². The summed E-state index contributed by atoms with van der Waals surface area (Å²) in [7, 11) is 1.70. The lowest BCUT2D eigenvalue weighted by molar-refractivity contribution is -0.106. The van der Waals surface area contributed by atoms with Crippen molar-refractivity contribution in [3.8, 4) is 11.3 Å². The number of aromatic nitrogens is 2. The molecule has 3 aromatic rings. The summed E-state index contributed by atoms with van der Waals surface area (Å²) >= 11 is 0. The molecule has 48 heavy (non-hydrogen) atoms. The molecule has 1 aliphatic carbocycles. The Kier molecular flexibility index (Phi) is 10.6. The molecule has 2 heterocycles. The van der Waals surface area contributed by atoms with E-state index in [1.807, 2.05) is 33.8 Å². The largest absolute Gasteiger partial charge is 0.444 e. The summed E-state index contributed by atoms with van der Waals surface area (Å²) in [6, 6.07) is 8.50. The molecule has 5 rings (SSSR count). The van der Waals surface area contributed by atoms with Crippen molar-refractivity contribution >= 4 is 35.9 Å². The second kappa shape index (κ2) is 14.6. The minimum absolute atomic E-state index is 0.0231. The van der Waals surface area contributed by atoms with Crippen LogP contribution in [-0.4, -0.2) is 71.6 Å². The van der Waals surface area contributed by atoms with E-state index in [4.69, 9.17) is 9.72 Å². The lowest BCUT2D eigenvalue weighted by Gasteiger charge is -2.34. The zero-order valence-electron chi connectivity index (χ0n) is 28.0. The number of halogens is 2. The molecule has 0 bridgehead atoms. The van der Waals surface area contributed by atoms with E-state index >= 15 is 8.78 Å². The van der Waals surface area contributed by atoms with Crippen LogP contribution in [0.5, 0.6) is 0 Å². The highest BCUT2D eigenvalue weighted by molar-refractivity contribution is 5.96. The summed E-state index contributed by atoms with van der Waals surface area (Å²) in [5.41, 5.74) is 1.43.